The summed E-state index contributed by atoms with van der Waals surface area (Å²) in [7, 11) is 0. The van der Waals surface area contributed by atoms with Crippen LogP contribution in [0.2, 0.25) is 0 Å². The van der Waals surface area contributed by atoms with Crippen molar-refractivity contribution in [2.75, 3.05) is 31.1 Å². The molecule has 2 aliphatic rings. The van der Waals surface area contributed by atoms with Gasteiger partial charge in [0.2, 0.25) is 0 Å². The molecule has 0 unspecified atom stereocenters. The normalized spacial score (nSPS) is 17.5. The van der Waals surface area contributed by atoms with E-state index >= 15 is 0 Å². The minimum Gasteiger partial charge on any atom is -0.384 e. The third-order valence-corrected chi connectivity index (χ3v) is 5.90. The van der Waals surface area contributed by atoms with Crippen LogP contribution >= 0.6 is 0 Å². The Balaban J connectivity index is 1.39. The van der Waals surface area contributed by atoms with Crippen molar-refractivity contribution in [3.05, 3.63) is 65.2 Å². The van der Waals surface area contributed by atoms with Crippen LogP contribution in [0, 0.1) is 0 Å². The van der Waals surface area contributed by atoms with Gasteiger partial charge < -0.3 is 15.5 Å². The number of fused-ring (bicyclic) bond motifs is 1. The van der Waals surface area contributed by atoms with E-state index in [1.54, 1.807) is 4.90 Å². The number of oxime groups is 1. The van der Waals surface area contributed by atoms with Crippen molar-refractivity contribution < 1.29 is 9.63 Å². The lowest BCUT2D eigenvalue weighted by Crippen LogP contribution is -2.37. The molecule has 30 heavy (non-hydrogen) atoms. The molecule has 0 spiro atoms. The van der Waals surface area contributed by atoms with Gasteiger partial charge in [0.05, 0.1) is 0 Å². The Labute approximate surface area is 178 Å². The van der Waals surface area contributed by atoms with Gasteiger partial charge in [-0.25, -0.2) is 0 Å². The Kier molecular flexibility index (Phi) is 6.64. The van der Waals surface area contributed by atoms with Gasteiger partial charge >= 0.3 is 0 Å². The fraction of sp³-hybridized carbons (Fsp3) is 0.417. The molecule has 2 heterocycles. The number of nitrogens with two attached hydrogens (primary N) is 1. The number of hydrogen-bond acceptors (Lipinski definition) is 4. The molecule has 0 aliphatic carbocycles. The Morgan fingerprint density at radius 3 is 2.60 bits per heavy atom. The van der Waals surface area contributed by atoms with Crippen molar-refractivity contribution in [1.82, 2.24) is 4.90 Å². The topological polar surface area (TPSA) is 71.2 Å². The van der Waals surface area contributed by atoms with Crippen molar-refractivity contribution in [1.29, 1.82) is 0 Å². The molecule has 2 aromatic carbocycles. The first-order valence-electron chi connectivity index (χ1n) is 10.9. The first kappa shape index (κ1) is 20.4. The lowest BCUT2D eigenvalue weighted by Gasteiger charge is -2.29. The van der Waals surface area contributed by atoms with E-state index in [2.05, 4.69) is 22.2 Å². The predicted molar refractivity (Wildman–Crippen MR) is 119 cm³/mol. The molecule has 0 bridgehead atoms. The summed E-state index contributed by atoms with van der Waals surface area (Å²) < 4.78 is 0. The van der Waals surface area contributed by atoms with E-state index in [9.17, 15) is 4.79 Å². The number of piperidine rings is 1. The van der Waals surface area contributed by atoms with Crippen molar-refractivity contribution in [2.45, 2.75) is 38.6 Å². The zero-order valence-corrected chi connectivity index (χ0v) is 17.4. The highest BCUT2D eigenvalue weighted by Gasteiger charge is 2.22. The van der Waals surface area contributed by atoms with Gasteiger partial charge in [0.1, 0.15) is 0 Å². The number of carbonyl (C=O) groups excluding carboxylic acids is 1. The Morgan fingerprint density at radius 1 is 0.967 bits per heavy atom. The number of anilines is 1. The number of rotatable bonds is 6. The average Bonchev–Trinajstić information content (AvgIpc) is 2.79. The largest absolute Gasteiger partial charge is 0.384 e. The summed E-state index contributed by atoms with van der Waals surface area (Å²) in [5.41, 5.74) is 10.4. The molecule has 0 radical (unpaired) electrons. The quantitative estimate of drug-likeness (QED) is 0.454. The zero-order chi connectivity index (χ0) is 20.8. The van der Waals surface area contributed by atoms with Gasteiger partial charge in [-0.15, -0.1) is 0 Å². The van der Waals surface area contributed by atoms with Gasteiger partial charge in [-0.2, -0.15) is 0 Å². The Hall–Kier alpha value is -2.86. The second-order valence-electron chi connectivity index (χ2n) is 8.02. The maximum Gasteiger partial charge on any atom is 0.267 e. The number of nitrogens with zero attached hydrogens (tertiary/aromatic N) is 3. The highest BCUT2D eigenvalue weighted by molar-refractivity contribution is 5.99. The third-order valence-electron chi connectivity index (χ3n) is 5.90. The van der Waals surface area contributed by atoms with Crippen molar-refractivity contribution >= 4 is 17.4 Å². The van der Waals surface area contributed by atoms with Crippen LogP contribution in [0.15, 0.2) is 53.7 Å². The molecule has 0 atom stereocenters. The Morgan fingerprint density at radius 2 is 1.73 bits per heavy atom. The molecule has 6 heteroatoms. The molecule has 1 amide bonds. The Bertz CT molecular complexity index is 906. The van der Waals surface area contributed by atoms with Crippen LogP contribution in [-0.2, 0) is 22.6 Å². The molecular formula is C24H30N4O2. The third kappa shape index (κ3) is 4.82. The number of aryl methyl sites for hydroxylation is 1. The number of benzene rings is 2. The van der Waals surface area contributed by atoms with E-state index in [1.807, 2.05) is 36.4 Å². The predicted octanol–water partition coefficient (Wildman–Crippen LogP) is 3.29. The highest BCUT2D eigenvalue weighted by Crippen LogP contribution is 2.26. The second-order valence-corrected chi connectivity index (χ2v) is 8.02. The molecule has 1 fully saturated rings. The van der Waals surface area contributed by atoms with Gasteiger partial charge in [-0.3, -0.25) is 9.69 Å². The first-order valence-corrected chi connectivity index (χ1v) is 10.9. The fourth-order valence-electron chi connectivity index (χ4n) is 4.34. The van der Waals surface area contributed by atoms with E-state index in [4.69, 9.17) is 10.6 Å². The molecule has 4 rings (SSSR count). The minimum atomic E-state index is -0.122. The zero-order valence-electron chi connectivity index (χ0n) is 17.4. The standard InChI is InChI=1S/C24H30N4O2/c25-24(21-12-4-2-10-20(21)17-27-14-6-1-7-15-27)26-30-18-23(29)28-16-8-11-19-9-3-5-13-22(19)28/h2-5,9-10,12-13H,1,6-8,11,14-18H2,(H2,25,26). The van der Waals surface area contributed by atoms with Crippen molar-refractivity contribution in [3.8, 4) is 0 Å². The number of amides is 1. The van der Waals surface area contributed by atoms with E-state index in [1.165, 1.54) is 24.8 Å². The average molecular weight is 407 g/mol. The molecule has 158 valence electrons. The first-order chi connectivity index (χ1) is 14.7. The monoisotopic (exact) mass is 406 g/mol. The van der Waals surface area contributed by atoms with Crippen LogP contribution in [0.5, 0.6) is 0 Å². The number of amidine groups is 1. The van der Waals surface area contributed by atoms with Crippen molar-refractivity contribution in [2.24, 2.45) is 10.9 Å². The second kappa shape index (κ2) is 9.76. The molecule has 0 aromatic heterocycles. The number of likely N-dealkylation sites (tertiary alicyclic amines) is 1. The van der Waals surface area contributed by atoms with Gasteiger partial charge in [0, 0.05) is 24.3 Å². The van der Waals surface area contributed by atoms with Gasteiger partial charge in [0.15, 0.2) is 12.4 Å². The molecule has 2 aromatic rings. The van der Waals surface area contributed by atoms with Gasteiger partial charge in [-0.05, 0) is 56.0 Å². The molecule has 1 saturated heterocycles. The molecule has 6 nitrogen and oxygen atoms in total. The molecular weight excluding hydrogens is 376 g/mol. The summed E-state index contributed by atoms with van der Waals surface area (Å²) in [6, 6.07) is 16.1. The van der Waals surface area contributed by atoms with E-state index in [0.29, 0.717) is 12.4 Å². The van der Waals surface area contributed by atoms with Crippen LogP contribution < -0.4 is 10.6 Å². The van der Waals surface area contributed by atoms with Crippen LogP contribution in [0.25, 0.3) is 0 Å². The van der Waals surface area contributed by atoms with Crippen LogP contribution in [0.1, 0.15) is 42.4 Å². The molecule has 0 saturated carbocycles. The maximum absolute atomic E-state index is 12.7. The summed E-state index contributed by atoms with van der Waals surface area (Å²) in [5.74, 6) is 0.217. The van der Waals surface area contributed by atoms with E-state index in [-0.39, 0.29) is 12.5 Å². The summed E-state index contributed by atoms with van der Waals surface area (Å²) in [6.07, 6.45) is 5.76. The summed E-state index contributed by atoms with van der Waals surface area (Å²) in [5, 5.41) is 4.07. The van der Waals surface area contributed by atoms with Crippen LogP contribution in [0.3, 0.4) is 0 Å². The van der Waals surface area contributed by atoms with E-state index < -0.39 is 0 Å². The fourth-order valence-corrected chi connectivity index (χ4v) is 4.34. The number of para-hydroxylation sites is 1. The maximum atomic E-state index is 12.7. The van der Waals surface area contributed by atoms with Crippen LogP contribution in [0.4, 0.5) is 5.69 Å². The number of carbonyl (C=O) groups is 1. The lowest BCUT2D eigenvalue weighted by atomic mass is 10.0. The summed E-state index contributed by atoms with van der Waals surface area (Å²) in [4.78, 5) is 22.3. The lowest BCUT2D eigenvalue weighted by molar-refractivity contribution is -0.123. The van der Waals surface area contributed by atoms with Crippen molar-refractivity contribution in [3.63, 3.8) is 0 Å². The summed E-state index contributed by atoms with van der Waals surface area (Å²) >= 11 is 0. The number of hydrogen-bond donors (Lipinski definition) is 1. The van der Waals surface area contributed by atoms with Gasteiger partial charge in [0.25, 0.3) is 5.91 Å². The van der Waals surface area contributed by atoms with E-state index in [0.717, 1.165) is 49.3 Å². The minimum absolute atomic E-state index is 0.0969. The summed E-state index contributed by atoms with van der Waals surface area (Å²) in [6.45, 7) is 3.68. The molecule has 2 N–H and O–H groups in total. The molecule has 2 aliphatic heterocycles. The smallest absolute Gasteiger partial charge is 0.267 e. The van der Waals surface area contributed by atoms with Gasteiger partial charge in [-0.1, -0.05) is 54.0 Å². The highest BCUT2D eigenvalue weighted by atomic mass is 16.6. The van der Waals surface area contributed by atoms with Crippen LogP contribution in [-0.4, -0.2) is 42.9 Å². The SMILES string of the molecule is NC(=NOCC(=O)N1CCCc2ccccc21)c1ccccc1CN1CCCCC1.